The summed E-state index contributed by atoms with van der Waals surface area (Å²) in [5, 5.41) is 12.2. The molecule has 0 saturated carbocycles. The molecule has 9 heteroatoms. The second kappa shape index (κ2) is 4.34. The summed E-state index contributed by atoms with van der Waals surface area (Å²) < 4.78 is 37.9. The summed E-state index contributed by atoms with van der Waals surface area (Å²) in [7, 11) is 0. The van der Waals surface area contributed by atoms with Crippen molar-refractivity contribution >= 4 is 17.0 Å². The van der Waals surface area contributed by atoms with Crippen LogP contribution in [-0.4, -0.2) is 37.2 Å². The number of rotatable bonds is 3. The van der Waals surface area contributed by atoms with Gasteiger partial charge in [0.1, 0.15) is 5.52 Å². The molecule has 0 radical (unpaired) electrons. The van der Waals surface area contributed by atoms with Gasteiger partial charge in [0.05, 0.1) is 11.9 Å². The summed E-state index contributed by atoms with van der Waals surface area (Å²) in [6.45, 7) is 3.08. The highest BCUT2D eigenvalue weighted by atomic mass is 19.4. The average Bonchev–Trinajstić information content (AvgIpc) is 2.71. The van der Waals surface area contributed by atoms with Crippen molar-refractivity contribution in [3.63, 3.8) is 0 Å². The Labute approximate surface area is 106 Å². The van der Waals surface area contributed by atoms with Crippen LogP contribution in [-0.2, 0) is 6.18 Å². The van der Waals surface area contributed by atoms with Gasteiger partial charge in [-0.1, -0.05) is 0 Å². The smallest absolute Gasteiger partial charge is 0.389 e. The Morgan fingerprint density at radius 1 is 1.32 bits per heavy atom. The summed E-state index contributed by atoms with van der Waals surface area (Å²) in [5.74, 6) is -1.32. The van der Waals surface area contributed by atoms with E-state index in [0.717, 1.165) is 0 Å². The number of aromatic nitrogens is 4. The summed E-state index contributed by atoms with van der Waals surface area (Å²) in [6, 6.07) is 0. The summed E-state index contributed by atoms with van der Waals surface area (Å²) in [4.78, 5) is 13.1. The number of halogens is 3. The number of aromatic amines is 1. The number of anilines is 1. The molecule has 104 valence electrons. The third-order valence-corrected chi connectivity index (χ3v) is 2.23. The summed E-state index contributed by atoms with van der Waals surface area (Å²) in [5.41, 5.74) is -0.909. The molecule has 0 bridgehead atoms. The minimum Gasteiger partial charge on any atom is -0.389 e. The first-order chi connectivity index (χ1) is 8.67. The van der Waals surface area contributed by atoms with E-state index >= 15 is 0 Å². The average molecular weight is 275 g/mol. The van der Waals surface area contributed by atoms with Gasteiger partial charge in [0.15, 0.2) is 11.5 Å². The fourth-order valence-corrected chi connectivity index (χ4v) is 1.39. The van der Waals surface area contributed by atoms with Crippen LogP contribution >= 0.6 is 0 Å². The van der Waals surface area contributed by atoms with E-state index < -0.39 is 17.6 Å². The fraction of sp³-hybridized carbons (Fsp3) is 0.500. The topological polar surface area (TPSA) is 86.7 Å². The molecule has 2 aromatic heterocycles. The molecule has 2 aromatic rings. The maximum atomic E-state index is 12.6. The molecule has 0 fully saturated rings. The number of nitrogens with one attached hydrogen (secondary N) is 2. The van der Waals surface area contributed by atoms with Gasteiger partial charge in [-0.05, 0) is 13.8 Å². The van der Waals surface area contributed by atoms with E-state index in [1.165, 1.54) is 20.2 Å². The zero-order valence-corrected chi connectivity index (χ0v) is 10.2. The molecular formula is C10H12F3N5O. The van der Waals surface area contributed by atoms with Crippen LogP contribution in [0, 0.1) is 0 Å². The molecule has 0 aliphatic carbocycles. The number of hydrogen-bond donors (Lipinski definition) is 3. The molecule has 0 amide bonds. The molecule has 0 atom stereocenters. The van der Waals surface area contributed by atoms with E-state index in [-0.39, 0.29) is 23.5 Å². The zero-order valence-electron chi connectivity index (χ0n) is 10.2. The third-order valence-electron chi connectivity index (χ3n) is 2.23. The van der Waals surface area contributed by atoms with Crippen molar-refractivity contribution in [1.29, 1.82) is 0 Å². The van der Waals surface area contributed by atoms with E-state index in [4.69, 9.17) is 0 Å². The van der Waals surface area contributed by atoms with Gasteiger partial charge in [0.25, 0.3) is 0 Å². The molecular weight excluding hydrogens is 263 g/mol. The lowest BCUT2D eigenvalue weighted by Gasteiger charge is -2.18. The standard InChI is InChI=1S/C10H12F3N5O/c1-9(2,19)3-14-6-5-7(16-4-15-5)18-8(17-6)10(11,12)13/h4,19H,3H2,1-2H3,(H2,14,15,16,17,18). The van der Waals surface area contributed by atoms with Crippen molar-refractivity contribution in [1.82, 2.24) is 19.9 Å². The van der Waals surface area contributed by atoms with E-state index in [1.54, 1.807) is 0 Å². The summed E-state index contributed by atoms with van der Waals surface area (Å²) in [6.07, 6.45) is -3.42. The Morgan fingerprint density at radius 2 is 2.00 bits per heavy atom. The number of imidazole rings is 1. The highest BCUT2D eigenvalue weighted by Gasteiger charge is 2.36. The van der Waals surface area contributed by atoms with Crippen molar-refractivity contribution in [2.45, 2.75) is 25.6 Å². The molecule has 2 rings (SSSR count). The SMILES string of the molecule is CC(C)(O)CNc1nc(C(F)(F)F)nc2nc[nH]c12. The number of H-pyrrole nitrogens is 1. The van der Waals surface area contributed by atoms with E-state index in [0.29, 0.717) is 0 Å². The van der Waals surface area contributed by atoms with Gasteiger partial charge in [-0.3, -0.25) is 0 Å². The first-order valence-electron chi connectivity index (χ1n) is 5.41. The van der Waals surface area contributed by atoms with Crippen molar-refractivity contribution < 1.29 is 18.3 Å². The maximum absolute atomic E-state index is 12.6. The van der Waals surface area contributed by atoms with Gasteiger partial charge in [-0.25, -0.2) is 15.0 Å². The summed E-state index contributed by atoms with van der Waals surface area (Å²) >= 11 is 0. The van der Waals surface area contributed by atoms with Crippen LogP contribution in [0.15, 0.2) is 6.33 Å². The maximum Gasteiger partial charge on any atom is 0.451 e. The first kappa shape index (κ1) is 13.5. The fourth-order valence-electron chi connectivity index (χ4n) is 1.39. The van der Waals surface area contributed by atoms with E-state index in [1.807, 2.05) is 0 Å². The lowest BCUT2D eigenvalue weighted by Crippen LogP contribution is -2.30. The van der Waals surface area contributed by atoms with Crippen LogP contribution in [0.2, 0.25) is 0 Å². The van der Waals surface area contributed by atoms with Crippen molar-refractivity contribution in [3.8, 4) is 0 Å². The van der Waals surface area contributed by atoms with Crippen LogP contribution in [0.3, 0.4) is 0 Å². The van der Waals surface area contributed by atoms with Crippen LogP contribution in [0.1, 0.15) is 19.7 Å². The number of hydrogen-bond acceptors (Lipinski definition) is 5. The van der Waals surface area contributed by atoms with Gasteiger partial charge in [-0.15, -0.1) is 0 Å². The highest BCUT2D eigenvalue weighted by Crippen LogP contribution is 2.29. The molecule has 0 saturated heterocycles. The molecule has 0 aliphatic rings. The Kier molecular flexibility index (Phi) is 3.09. The third kappa shape index (κ3) is 3.11. The van der Waals surface area contributed by atoms with Gasteiger partial charge in [-0.2, -0.15) is 13.2 Å². The molecule has 0 spiro atoms. The molecule has 6 nitrogen and oxygen atoms in total. The minimum absolute atomic E-state index is 0.0371. The van der Waals surface area contributed by atoms with Gasteiger partial charge in [0.2, 0.25) is 5.82 Å². The molecule has 3 N–H and O–H groups in total. The van der Waals surface area contributed by atoms with Crippen molar-refractivity contribution in [2.75, 3.05) is 11.9 Å². The van der Waals surface area contributed by atoms with Crippen LogP contribution in [0.25, 0.3) is 11.2 Å². The minimum atomic E-state index is -4.65. The monoisotopic (exact) mass is 275 g/mol. The Balaban J connectivity index is 2.43. The number of fused-ring (bicyclic) bond motifs is 1. The lowest BCUT2D eigenvalue weighted by atomic mass is 10.1. The molecule has 2 heterocycles. The largest absolute Gasteiger partial charge is 0.451 e. The Bertz CT molecular complexity index is 587. The number of nitrogens with zero attached hydrogens (tertiary/aromatic N) is 3. The molecule has 19 heavy (non-hydrogen) atoms. The van der Waals surface area contributed by atoms with Crippen LogP contribution in [0.4, 0.5) is 19.0 Å². The van der Waals surface area contributed by atoms with Crippen LogP contribution < -0.4 is 5.32 Å². The predicted octanol–water partition coefficient (Wildman–Crippen LogP) is 1.55. The second-order valence-corrected chi connectivity index (χ2v) is 4.66. The molecule has 0 aliphatic heterocycles. The number of alkyl halides is 3. The van der Waals surface area contributed by atoms with Crippen LogP contribution in [0.5, 0.6) is 0 Å². The number of aliphatic hydroxyl groups is 1. The van der Waals surface area contributed by atoms with Gasteiger partial charge >= 0.3 is 6.18 Å². The lowest BCUT2D eigenvalue weighted by molar-refractivity contribution is -0.144. The normalized spacial score (nSPS) is 12.9. The quantitative estimate of drug-likeness (QED) is 0.791. The zero-order chi connectivity index (χ0) is 14.3. The highest BCUT2D eigenvalue weighted by molar-refractivity contribution is 5.82. The molecule has 0 unspecified atom stereocenters. The van der Waals surface area contributed by atoms with Crippen molar-refractivity contribution in [2.24, 2.45) is 0 Å². The second-order valence-electron chi connectivity index (χ2n) is 4.66. The van der Waals surface area contributed by atoms with Gasteiger partial charge < -0.3 is 15.4 Å². The van der Waals surface area contributed by atoms with E-state index in [2.05, 4.69) is 25.3 Å². The predicted molar refractivity (Wildman–Crippen MR) is 61.5 cm³/mol. The van der Waals surface area contributed by atoms with Crippen molar-refractivity contribution in [3.05, 3.63) is 12.2 Å². The Morgan fingerprint density at radius 3 is 2.58 bits per heavy atom. The molecule has 0 aromatic carbocycles. The first-order valence-corrected chi connectivity index (χ1v) is 5.41. The van der Waals surface area contributed by atoms with E-state index in [9.17, 15) is 18.3 Å². The Hall–Kier alpha value is -1.90. The van der Waals surface area contributed by atoms with Gasteiger partial charge in [0, 0.05) is 6.54 Å².